The van der Waals surface area contributed by atoms with Crippen molar-refractivity contribution in [2.24, 2.45) is 0 Å². The number of benzene rings is 4. The number of para-hydroxylation sites is 2. The van der Waals surface area contributed by atoms with Crippen molar-refractivity contribution in [3.8, 4) is 5.88 Å². The Morgan fingerprint density at radius 2 is 1.25 bits per heavy atom. The lowest BCUT2D eigenvalue weighted by atomic mass is 10.00. The van der Waals surface area contributed by atoms with E-state index in [2.05, 4.69) is 26.7 Å². The highest BCUT2D eigenvalue weighted by Crippen LogP contribution is 2.37. The molecular formula is C43H34Cl4N8O. The second kappa shape index (κ2) is 15.7. The summed E-state index contributed by atoms with van der Waals surface area (Å²) in [6.07, 6.45) is 11.0. The number of anilines is 4. The fourth-order valence-electron chi connectivity index (χ4n) is 7.35. The van der Waals surface area contributed by atoms with Crippen LogP contribution in [0.25, 0.3) is 49.8 Å². The predicted molar refractivity (Wildman–Crippen MR) is 230 cm³/mol. The number of nitrogens with zero attached hydrogens (tertiary/aromatic N) is 5. The maximum Gasteiger partial charge on any atom is 0.205 e. The minimum absolute atomic E-state index is 0.472. The van der Waals surface area contributed by atoms with Crippen LogP contribution in [-0.4, -0.2) is 29.5 Å². The van der Waals surface area contributed by atoms with Gasteiger partial charge in [-0.15, -0.1) is 0 Å². The molecule has 9 nitrogen and oxygen atoms in total. The van der Waals surface area contributed by atoms with Gasteiger partial charge >= 0.3 is 0 Å². The number of hydrogen-bond donors (Lipinski definition) is 3. The quantitative estimate of drug-likeness (QED) is 0.143. The number of H-pyrrole nitrogens is 1. The standard InChI is InChI=1S/C23H22Cl2N4.C20H12Cl2N4O/c24-17-12-11-15(13-18(17)25)26-23-21-20(16-9-5-6-10-19(16)27-23)28-22(29-21)14-7-3-1-2-4-8-14;21-14-8-7-12(10-15(14)22)24-20-18-19(13-4-1-2-5-16(13)25-20)26(11-23-18)17-6-3-9-27-17/h5-6,9-14H,1-4,7-8H2,(H,26,27)(H,28,29);1-11H,(H,24,25). The Kier molecular flexibility index (Phi) is 10.2. The van der Waals surface area contributed by atoms with Crippen LogP contribution in [0.2, 0.25) is 20.1 Å². The Morgan fingerprint density at radius 3 is 1.91 bits per heavy atom. The zero-order chi connectivity index (χ0) is 38.2. The van der Waals surface area contributed by atoms with Gasteiger partial charge in [0.15, 0.2) is 11.6 Å². The lowest BCUT2D eigenvalue weighted by molar-refractivity contribution is 0.542. The number of fused-ring (bicyclic) bond motifs is 6. The Morgan fingerprint density at radius 1 is 0.625 bits per heavy atom. The van der Waals surface area contributed by atoms with Gasteiger partial charge in [-0.05, 0) is 67.4 Å². The van der Waals surface area contributed by atoms with E-state index in [1.54, 1.807) is 30.8 Å². The molecule has 1 aliphatic carbocycles. The molecule has 0 atom stereocenters. The van der Waals surface area contributed by atoms with E-state index in [9.17, 15) is 0 Å². The highest BCUT2D eigenvalue weighted by Gasteiger charge is 2.21. The van der Waals surface area contributed by atoms with Gasteiger partial charge in [0.05, 0.1) is 42.9 Å². The molecule has 280 valence electrons. The number of imidazole rings is 2. The van der Waals surface area contributed by atoms with E-state index in [0.29, 0.717) is 37.7 Å². The van der Waals surface area contributed by atoms with Crippen LogP contribution in [0.1, 0.15) is 50.3 Å². The molecule has 5 heterocycles. The van der Waals surface area contributed by atoms with E-state index in [4.69, 9.17) is 65.8 Å². The van der Waals surface area contributed by atoms with E-state index in [1.165, 1.54) is 38.5 Å². The Hall–Kier alpha value is -5.32. The van der Waals surface area contributed by atoms with Gasteiger partial charge in [-0.2, -0.15) is 0 Å². The summed E-state index contributed by atoms with van der Waals surface area (Å²) in [6.45, 7) is 0. The van der Waals surface area contributed by atoms with Gasteiger partial charge in [-0.25, -0.2) is 19.9 Å². The minimum Gasteiger partial charge on any atom is -0.448 e. The molecule has 1 aliphatic rings. The zero-order valence-corrected chi connectivity index (χ0v) is 32.9. The molecule has 4 aromatic carbocycles. The van der Waals surface area contributed by atoms with Gasteiger partial charge in [0.1, 0.15) is 28.7 Å². The molecule has 1 saturated carbocycles. The van der Waals surface area contributed by atoms with Crippen molar-refractivity contribution in [3.63, 3.8) is 0 Å². The molecule has 13 heteroatoms. The van der Waals surface area contributed by atoms with Crippen LogP contribution in [0.3, 0.4) is 0 Å². The average Bonchev–Trinajstić information content (AvgIpc) is 3.96. The first-order valence-corrected chi connectivity index (χ1v) is 19.9. The molecule has 1 fully saturated rings. The highest BCUT2D eigenvalue weighted by molar-refractivity contribution is 6.42. The third-order valence-corrected chi connectivity index (χ3v) is 11.6. The molecule has 0 amide bonds. The second-order valence-corrected chi connectivity index (χ2v) is 15.4. The van der Waals surface area contributed by atoms with Gasteiger partial charge in [-0.1, -0.05) is 108 Å². The number of aromatic amines is 1. The first-order valence-electron chi connectivity index (χ1n) is 18.4. The van der Waals surface area contributed by atoms with Crippen LogP contribution < -0.4 is 10.6 Å². The molecule has 0 radical (unpaired) electrons. The highest BCUT2D eigenvalue weighted by atomic mass is 35.5. The molecule has 0 spiro atoms. The number of aromatic nitrogens is 6. The summed E-state index contributed by atoms with van der Waals surface area (Å²) < 4.78 is 7.49. The van der Waals surface area contributed by atoms with Crippen LogP contribution in [0, 0.1) is 0 Å². The Balaban J connectivity index is 0.000000147. The van der Waals surface area contributed by atoms with E-state index in [1.807, 2.05) is 77.4 Å². The first kappa shape index (κ1) is 36.3. The van der Waals surface area contributed by atoms with Crippen molar-refractivity contribution in [2.45, 2.75) is 44.4 Å². The number of furan rings is 1. The van der Waals surface area contributed by atoms with Crippen molar-refractivity contribution < 1.29 is 4.42 Å². The number of pyridine rings is 2. The van der Waals surface area contributed by atoms with E-state index in [0.717, 1.165) is 66.9 Å². The maximum atomic E-state index is 6.20. The van der Waals surface area contributed by atoms with Crippen molar-refractivity contribution in [3.05, 3.63) is 136 Å². The fraction of sp³-hybridized carbons (Fsp3) is 0.163. The molecule has 0 bridgehead atoms. The van der Waals surface area contributed by atoms with Crippen LogP contribution >= 0.6 is 46.4 Å². The lowest BCUT2D eigenvalue weighted by Gasteiger charge is -2.10. The Labute approximate surface area is 342 Å². The molecule has 0 saturated heterocycles. The largest absolute Gasteiger partial charge is 0.448 e. The van der Waals surface area contributed by atoms with E-state index >= 15 is 0 Å². The monoisotopic (exact) mass is 818 g/mol. The van der Waals surface area contributed by atoms with Gasteiger partial charge in [0.25, 0.3) is 0 Å². The molecule has 5 aromatic heterocycles. The summed E-state index contributed by atoms with van der Waals surface area (Å²) >= 11 is 24.4. The lowest BCUT2D eigenvalue weighted by Crippen LogP contribution is -1.99. The van der Waals surface area contributed by atoms with Gasteiger partial charge < -0.3 is 20.0 Å². The minimum atomic E-state index is 0.472. The number of nitrogens with one attached hydrogen (secondary N) is 3. The smallest absolute Gasteiger partial charge is 0.205 e. The number of halogens is 4. The van der Waals surface area contributed by atoms with Crippen LogP contribution in [0.15, 0.2) is 114 Å². The molecular weight excluding hydrogens is 786 g/mol. The summed E-state index contributed by atoms with van der Waals surface area (Å²) in [5.41, 5.74) is 6.94. The first-order chi connectivity index (χ1) is 27.4. The molecule has 0 unspecified atom stereocenters. The predicted octanol–water partition coefficient (Wildman–Crippen LogP) is 13.8. The molecule has 3 N–H and O–H groups in total. The molecule has 10 rings (SSSR count). The van der Waals surface area contributed by atoms with Crippen LogP contribution in [0.5, 0.6) is 0 Å². The second-order valence-electron chi connectivity index (χ2n) is 13.8. The molecule has 9 aromatic rings. The summed E-state index contributed by atoms with van der Waals surface area (Å²) in [6, 6.07) is 30.7. The number of hydrogen-bond acceptors (Lipinski definition) is 7. The van der Waals surface area contributed by atoms with Crippen molar-refractivity contribution >= 4 is 113 Å². The zero-order valence-electron chi connectivity index (χ0n) is 29.9. The number of rotatable bonds is 6. The topological polar surface area (TPSA) is 109 Å². The van der Waals surface area contributed by atoms with Crippen LogP contribution in [-0.2, 0) is 0 Å². The van der Waals surface area contributed by atoms with Crippen molar-refractivity contribution in [1.82, 2.24) is 29.5 Å². The summed E-state index contributed by atoms with van der Waals surface area (Å²) in [5.74, 6) is 3.64. The van der Waals surface area contributed by atoms with Gasteiger partial charge in [0.2, 0.25) is 5.88 Å². The Bertz CT molecular complexity index is 2840. The maximum absolute atomic E-state index is 6.20. The van der Waals surface area contributed by atoms with Crippen LogP contribution in [0.4, 0.5) is 23.0 Å². The molecule has 56 heavy (non-hydrogen) atoms. The third kappa shape index (κ3) is 7.23. The summed E-state index contributed by atoms with van der Waals surface area (Å²) in [5, 5.41) is 10.8. The van der Waals surface area contributed by atoms with Gasteiger partial charge in [0, 0.05) is 34.1 Å². The summed E-state index contributed by atoms with van der Waals surface area (Å²) in [4.78, 5) is 22.9. The van der Waals surface area contributed by atoms with Crippen molar-refractivity contribution in [1.29, 1.82) is 0 Å². The normalized spacial score (nSPS) is 13.6. The third-order valence-electron chi connectivity index (χ3n) is 10.1. The SMILES string of the molecule is Clc1ccc(Nc2nc3ccccc3c3c2ncn3-c2ccco2)cc1Cl.Clc1ccc(Nc2nc3ccccc3c3nc(C4CCCCCC4)[nH]c23)cc1Cl. The van der Waals surface area contributed by atoms with E-state index < -0.39 is 0 Å². The fourth-order valence-corrected chi connectivity index (χ4v) is 7.94. The van der Waals surface area contributed by atoms with Crippen molar-refractivity contribution in [2.75, 3.05) is 10.6 Å². The van der Waals surface area contributed by atoms with Gasteiger partial charge in [-0.3, -0.25) is 4.57 Å². The molecule has 0 aliphatic heterocycles. The average molecular weight is 821 g/mol. The van der Waals surface area contributed by atoms with E-state index in [-0.39, 0.29) is 0 Å². The summed E-state index contributed by atoms with van der Waals surface area (Å²) in [7, 11) is 0.